The molecule has 0 atom stereocenters. The lowest BCUT2D eigenvalue weighted by atomic mass is 10.2. The largest absolute Gasteiger partial charge is 0.458 e. The maximum atomic E-state index is 5.59. The molecule has 0 aliphatic heterocycles. The van der Waals surface area contributed by atoms with Gasteiger partial charge in [-0.2, -0.15) is 0 Å². The van der Waals surface area contributed by atoms with Crippen molar-refractivity contribution in [3.63, 3.8) is 0 Å². The van der Waals surface area contributed by atoms with E-state index < -0.39 is 0 Å². The number of nitrogens with zero attached hydrogens (tertiary/aromatic N) is 3. The van der Waals surface area contributed by atoms with Gasteiger partial charge in [-0.05, 0) is 36.8 Å². The minimum atomic E-state index is 0.499. The van der Waals surface area contributed by atoms with Crippen LogP contribution in [0, 0.1) is 6.92 Å². The molecule has 0 aromatic carbocycles. The van der Waals surface area contributed by atoms with Crippen LogP contribution in [0.5, 0.6) is 0 Å². The molecule has 3 aromatic rings. The number of rotatable bonds is 2. The molecule has 3 heterocycles. The zero-order valence-electron chi connectivity index (χ0n) is 9.42. The lowest BCUT2D eigenvalue weighted by Crippen LogP contribution is -1.97. The number of aryl methyl sites for hydroxylation is 1. The maximum absolute atomic E-state index is 5.59. The van der Waals surface area contributed by atoms with Crippen molar-refractivity contribution in [1.82, 2.24) is 14.6 Å². The van der Waals surface area contributed by atoms with Gasteiger partial charge < -0.3 is 10.2 Å². The third-order valence-electron chi connectivity index (χ3n) is 2.67. The van der Waals surface area contributed by atoms with Crippen LogP contribution in [-0.2, 0) is 6.54 Å². The first-order valence-corrected chi connectivity index (χ1v) is 5.38. The summed E-state index contributed by atoms with van der Waals surface area (Å²) in [7, 11) is 0. The molecule has 17 heavy (non-hydrogen) atoms. The minimum Gasteiger partial charge on any atom is -0.458 e. The Morgan fingerprint density at radius 2 is 2.18 bits per heavy atom. The van der Waals surface area contributed by atoms with E-state index in [2.05, 4.69) is 10.2 Å². The monoisotopic (exact) mass is 228 g/mol. The van der Waals surface area contributed by atoms with E-state index in [-0.39, 0.29) is 0 Å². The van der Waals surface area contributed by atoms with Crippen molar-refractivity contribution in [2.45, 2.75) is 13.5 Å². The highest BCUT2D eigenvalue weighted by Gasteiger charge is 2.11. The van der Waals surface area contributed by atoms with Gasteiger partial charge in [0.1, 0.15) is 5.76 Å². The topological polar surface area (TPSA) is 69.3 Å². The van der Waals surface area contributed by atoms with Crippen molar-refractivity contribution in [3.05, 3.63) is 41.8 Å². The first-order chi connectivity index (χ1) is 8.28. The maximum Gasteiger partial charge on any atom is 0.204 e. The Balaban J connectivity index is 2.18. The smallest absolute Gasteiger partial charge is 0.204 e. The van der Waals surface area contributed by atoms with E-state index in [0.717, 1.165) is 22.7 Å². The number of hydrogen-bond donors (Lipinski definition) is 1. The Kier molecular flexibility index (Phi) is 2.19. The van der Waals surface area contributed by atoms with E-state index in [1.165, 1.54) is 0 Å². The molecule has 0 bridgehead atoms. The second kappa shape index (κ2) is 3.71. The molecule has 0 saturated heterocycles. The summed E-state index contributed by atoms with van der Waals surface area (Å²) < 4.78 is 7.43. The van der Waals surface area contributed by atoms with Gasteiger partial charge in [-0.25, -0.2) is 0 Å². The number of pyridine rings is 1. The second-order valence-electron chi connectivity index (χ2n) is 3.90. The molecule has 0 saturated carbocycles. The minimum absolute atomic E-state index is 0.499. The number of nitrogens with two attached hydrogens (primary N) is 1. The van der Waals surface area contributed by atoms with Crippen molar-refractivity contribution in [1.29, 1.82) is 0 Å². The first-order valence-electron chi connectivity index (χ1n) is 5.38. The van der Waals surface area contributed by atoms with E-state index in [0.29, 0.717) is 12.4 Å². The molecule has 86 valence electrons. The van der Waals surface area contributed by atoms with E-state index in [9.17, 15) is 0 Å². The first kappa shape index (κ1) is 10.0. The number of fused-ring (bicyclic) bond motifs is 1. The molecular formula is C12H12N4O. The highest BCUT2D eigenvalue weighted by Crippen LogP contribution is 2.21. The number of aromatic nitrogens is 3. The van der Waals surface area contributed by atoms with Gasteiger partial charge in [-0.1, -0.05) is 0 Å². The van der Waals surface area contributed by atoms with Gasteiger partial charge in [0.25, 0.3) is 0 Å². The quantitative estimate of drug-likeness (QED) is 0.725. The van der Waals surface area contributed by atoms with Crippen LogP contribution in [-0.4, -0.2) is 14.6 Å². The van der Waals surface area contributed by atoms with E-state index in [1.807, 2.05) is 41.8 Å². The van der Waals surface area contributed by atoms with Gasteiger partial charge in [0, 0.05) is 12.7 Å². The van der Waals surface area contributed by atoms with E-state index in [4.69, 9.17) is 10.2 Å². The highest BCUT2D eigenvalue weighted by atomic mass is 16.3. The van der Waals surface area contributed by atoms with Crippen molar-refractivity contribution in [2.24, 2.45) is 5.73 Å². The van der Waals surface area contributed by atoms with E-state index in [1.54, 1.807) is 0 Å². The predicted molar refractivity (Wildman–Crippen MR) is 63.3 cm³/mol. The summed E-state index contributed by atoms with van der Waals surface area (Å²) in [6, 6.07) is 7.68. The Hall–Kier alpha value is -2.14. The Labute approximate surface area is 97.9 Å². The normalized spacial score (nSPS) is 11.2. The lowest BCUT2D eigenvalue weighted by molar-refractivity contribution is 0.543. The lowest BCUT2D eigenvalue weighted by Gasteiger charge is -1.99. The van der Waals surface area contributed by atoms with Crippen LogP contribution in [0.4, 0.5) is 0 Å². The van der Waals surface area contributed by atoms with Gasteiger partial charge in [-0.15, -0.1) is 10.2 Å². The second-order valence-corrected chi connectivity index (χ2v) is 3.90. The summed E-state index contributed by atoms with van der Waals surface area (Å²) in [5, 5.41) is 8.24. The van der Waals surface area contributed by atoms with Crippen molar-refractivity contribution >= 4 is 5.65 Å². The van der Waals surface area contributed by atoms with Gasteiger partial charge in [0.15, 0.2) is 11.4 Å². The molecular weight excluding hydrogens is 216 g/mol. The third-order valence-corrected chi connectivity index (χ3v) is 2.67. The molecule has 0 radical (unpaired) electrons. The molecule has 0 amide bonds. The molecule has 3 rings (SSSR count). The summed E-state index contributed by atoms with van der Waals surface area (Å²) in [5.41, 5.74) is 7.40. The number of furan rings is 1. The van der Waals surface area contributed by atoms with E-state index >= 15 is 0 Å². The molecule has 5 heteroatoms. The average molecular weight is 228 g/mol. The van der Waals surface area contributed by atoms with Gasteiger partial charge in [0.2, 0.25) is 5.82 Å². The van der Waals surface area contributed by atoms with Crippen LogP contribution >= 0.6 is 0 Å². The van der Waals surface area contributed by atoms with Crippen LogP contribution in [0.1, 0.15) is 11.3 Å². The molecule has 0 unspecified atom stereocenters. The Morgan fingerprint density at radius 1 is 1.29 bits per heavy atom. The van der Waals surface area contributed by atoms with Crippen molar-refractivity contribution in [3.8, 4) is 11.6 Å². The molecule has 0 fully saturated rings. The van der Waals surface area contributed by atoms with Crippen LogP contribution in [0.3, 0.4) is 0 Å². The molecule has 0 spiro atoms. The average Bonchev–Trinajstić information content (AvgIpc) is 2.93. The zero-order valence-corrected chi connectivity index (χ0v) is 9.42. The van der Waals surface area contributed by atoms with Crippen LogP contribution in [0.15, 0.2) is 34.9 Å². The van der Waals surface area contributed by atoms with Crippen LogP contribution < -0.4 is 5.73 Å². The van der Waals surface area contributed by atoms with Crippen LogP contribution in [0.25, 0.3) is 17.2 Å². The molecule has 2 N–H and O–H groups in total. The van der Waals surface area contributed by atoms with Crippen LogP contribution in [0.2, 0.25) is 0 Å². The number of hydrogen-bond acceptors (Lipinski definition) is 4. The van der Waals surface area contributed by atoms with Gasteiger partial charge in [-0.3, -0.25) is 4.40 Å². The summed E-state index contributed by atoms with van der Waals surface area (Å²) in [5.74, 6) is 2.28. The molecule has 0 aliphatic rings. The predicted octanol–water partition coefficient (Wildman–Crippen LogP) is 1.76. The summed E-state index contributed by atoms with van der Waals surface area (Å²) in [6.45, 7) is 2.40. The standard InChI is InChI=1S/C12H12N4O/c1-8-2-3-10(17-8)12-15-14-11-6-9(7-13)4-5-16(11)12/h2-6H,7,13H2,1H3. The SMILES string of the molecule is Cc1ccc(-c2nnc3cc(CN)ccn23)o1. The molecule has 3 aromatic heterocycles. The fraction of sp³-hybridized carbons (Fsp3) is 0.167. The summed E-state index contributed by atoms with van der Waals surface area (Å²) in [4.78, 5) is 0. The summed E-state index contributed by atoms with van der Waals surface area (Å²) in [6.07, 6.45) is 1.91. The Bertz CT molecular complexity index is 668. The zero-order chi connectivity index (χ0) is 11.8. The molecule has 0 aliphatic carbocycles. The highest BCUT2D eigenvalue weighted by molar-refractivity contribution is 5.54. The van der Waals surface area contributed by atoms with Crippen molar-refractivity contribution < 1.29 is 4.42 Å². The third kappa shape index (κ3) is 1.60. The molecule has 5 nitrogen and oxygen atoms in total. The van der Waals surface area contributed by atoms with Gasteiger partial charge >= 0.3 is 0 Å². The van der Waals surface area contributed by atoms with Gasteiger partial charge in [0.05, 0.1) is 0 Å². The fourth-order valence-electron chi connectivity index (χ4n) is 1.78. The van der Waals surface area contributed by atoms with Crippen molar-refractivity contribution in [2.75, 3.05) is 0 Å². The fourth-order valence-corrected chi connectivity index (χ4v) is 1.78. The summed E-state index contributed by atoms with van der Waals surface area (Å²) >= 11 is 0. The Morgan fingerprint density at radius 3 is 2.88 bits per heavy atom.